The number of hydrogen-bond donors (Lipinski definition) is 2. The second-order valence-electron chi connectivity index (χ2n) is 7.93. The summed E-state index contributed by atoms with van der Waals surface area (Å²) < 4.78 is 40.8. The van der Waals surface area contributed by atoms with Crippen molar-refractivity contribution in [3.8, 4) is 11.5 Å². The maximum absolute atomic E-state index is 15.3. The highest BCUT2D eigenvalue weighted by atomic mass is 19.1. The Balaban J connectivity index is 1.99. The Morgan fingerprint density at radius 3 is 2.47 bits per heavy atom. The summed E-state index contributed by atoms with van der Waals surface area (Å²) in [4.78, 5) is 25.6. The van der Waals surface area contributed by atoms with E-state index in [1.807, 2.05) is 18.7 Å². The lowest BCUT2D eigenvalue weighted by Crippen LogP contribution is -2.54. The number of alkyl halides is 1. The number of hydrogen-bond acceptors (Lipinski definition) is 6. The summed E-state index contributed by atoms with van der Waals surface area (Å²) in [6.45, 7) is 5.00. The number of halogens is 2. The molecule has 1 aromatic heterocycles. The van der Waals surface area contributed by atoms with Crippen LogP contribution in [0.1, 0.15) is 26.3 Å². The first-order valence-electron chi connectivity index (χ1n) is 9.72. The third kappa shape index (κ3) is 3.45. The highest BCUT2D eigenvalue weighted by Crippen LogP contribution is 2.46. The molecular formula is C20H23F2N3O5. The highest BCUT2D eigenvalue weighted by molar-refractivity contribution is 5.92. The van der Waals surface area contributed by atoms with Crippen molar-refractivity contribution in [3.63, 3.8) is 0 Å². The molecule has 1 saturated carbocycles. The van der Waals surface area contributed by atoms with Gasteiger partial charge < -0.3 is 29.4 Å². The number of aromatic nitrogens is 1. The van der Waals surface area contributed by atoms with Crippen molar-refractivity contribution >= 4 is 22.7 Å². The van der Waals surface area contributed by atoms with Gasteiger partial charge in [0.2, 0.25) is 5.43 Å². The van der Waals surface area contributed by atoms with Crippen molar-refractivity contribution in [1.29, 1.82) is 0 Å². The van der Waals surface area contributed by atoms with E-state index in [9.17, 15) is 14.0 Å². The van der Waals surface area contributed by atoms with E-state index in [0.29, 0.717) is 13.1 Å². The van der Waals surface area contributed by atoms with Crippen LogP contribution in [0.5, 0.6) is 11.5 Å². The Bertz CT molecular complexity index is 1060. The first-order chi connectivity index (χ1) is 14.2. The van der Waals surface area contributed by atoms with Crippen molar-refractivity contribution in [2.45, 2.75) is 44.6 Å². The number of carbonyl (C=O) groups is 1. The highest BCUT2D eigenvalue weighted by Gasteiger charge is 2.41. The van der Waals surface area contributed by atoms with Crippen molar-refractivity contribution in [3.05, 3.63) is 28.3 Å². The Morgan fingerprint density at radius 2 is 1.93 bits per heavy atom. The zero-order chi connectivity index (χ0) is 21.7. The molecular weight excluding hydrogens is 400 g/mol. The molecule has 2 aliphatic rings. The summed E-state index contributed by atoms with van der Waals surface area (Å²) in [6, 6.07) is 0.632. The van der Waals surface area contributed by atoms with Crippen LogP contribution < -0.4 is 25.1 Å². The van der Waals surface area contributed by atoms with Crippen LogP contribution in [0.25, 0.3) is 10.9 Å². The van der Waals surface area contributed by atoms with Gasteiger partial charge in [-0.2, -0.15) is 0 Å². The predicted molar refractivity (Wildman–Crippen MR) is 106 cm³/mol. The summed E-state index contributed by atoms with van der Waals surface area (Å²) in [6.07, 6.45) is -1.48. The van der Waals surface area contributed by atoms with Gasteiger partial charge >= 0.3 is 6.16 Å². The molecule has 2 N–H and O–H groups in total. The van der Waals surface area contributed by atoms with Gasteiger partial charge in [-0.25, -0.2) is 13.6 Å². The average molecular weight is 423 g/mol. The minimum Gasteiger partial charge on any atom is -0.492 e. The van der Waals surface area contributed by atoms with E-state index in [2.05, 4.69) is 10.1 Å². The molecule has 4 rings (SSSR count). The van der Waals surface area contributed by atoms with E-state index in [-0.39, 0.29) is 40.8 Å². The average Bonchev–Trinajstić information content (AvgIpc) is 3.38. The van der Waals surface area contributed by atoms with E-state index in [4.69, 9.17) is 9.84 Å². The van der Waals surface area contributed by atoms with E-state index in [1.165, 1.54) is 11.7 Å². The normalized spacial score (nSPS) is 26.0. The Hall–Kier alpha value is -2.88. The van der Waals surface area contributed by atoms with Crippen LogP contribution >= 0.6 is 0 Å². The van der Waals surface area contributed by atoms with Crippen LogP contribution in [0.3, 0.4) is 0 Å². The molecule has 2 aromatic rings. The summed E-state index contributed by atoms with van der Waals surface area (Å²) in [7, 11) is 1.36. The summed E-state index contributed by atoms with van der Waals surface area (Å²) in [5, 5.41) is 12.2. The SMILES string of the molecule is COc1c(N2CC(C)NC(C)C2)c(F)cc2c(=O)c(OC(=O)O)cn([C@@H]3C[C@@H]3F)c12. The number of piperazine rings is 1. The molecule has 0 bridgehead atoms. The molecule has 1 aliphatic heterocycles. The maximum atomic E-state index is 15.3. The van der Waals surface area contributed by atoms with Gasteiger partial charge in [0, 0.05) is 31.6 Å². The standard InChI is InChI=1S/C20H23F2N3O5/c1-9-6-24(7-10(2)23-9)17-13(22)4-11-16(19(17)29-3)25(14-5-12(14)21)8-15(18(11)26)30-20(27)28/h4,8-10,12,14,23H,5-7H2,1-3H3,(H,27,28)/t9?,10?,12-,14+/m0/s1. The zero-order valence-electron chi connectivity index (χ0n) is 16.8. The number of pyridine rings is 1. The zero-order valence-corrected chi connectivity index (χ0v) is 16.8. The van der Waals surface area contributed by atoms with E-state index >= 15 is 4.39 Å². The first kappa shape index (κ1) is 20.4. The Kier molecular flexibility index (Phi) is 5.05. The van der Waals surface area contributed by atoms with Gasteiger partial charge in [-0.05, 0) is 19.9 Å². The minimum atomic E-state index is -1.68. The molecule has 2 fully saturated rings. The predicted octanol–water partition coefficient (Wildman–Crippen LogP) is 2.68. The lowest BCUT2D eigenvalue weighted by Gasteiger charge is -2.38. The molecule has 4 atom stereocenters. The van der Waals surface area contributed by atoms with Gasteiger partial charge in [0.1, 0.15) is 11.9 Å². The maximum Gasteiger partial charge on any atom is 0.511 e. The molecule has 1 aromatic carbocycles. The van der Waals surface area contributed by atoms with Gasteiger partial charge in [0.05, 0.1) is 30.3 Å². The fraction of sp³-hybridized carbons (Fsp3) is 0.500. The van der Waals surface area contributed by atoms with Crippen molar-refractivity contribution in [1.82, 2.24) is 9.88 Å². The number of nitrogens with zero attached hydrogens (tertiary/aromatic N) is 2. The molecule has 2 unspecified atom stereocenters. The number of benzene rings is 1. The molecule has 30 heavy (non-hydrogen) atoms. The summed E-state index contributed by atoms with van der Waals surface area (Å²) in [5.41, 5.74) is -0.382. The van der Waals surface area contributed by atoms with Crippen molar-refractivity contribution in [2.24, 2.45) is 0 Å². The number of fused-ring (bicyclic) bond motifs is 1. The molecule has 8 nitrogen and oxygen atoms in total. The topological polar surface area (TPSA) is 93.0 Å². The smallest absolute Gasteiger partial charge is 0.492 e. The van der Waals surface area contributed by atoms with Gasteiger partial charge in [-0.15, -0.1) is 0 Å². The quantitative estimate of drug-likeness (QED) is 0.731. The van der Waals surface area contributed by atoms with Gasteiger partial charge in [-0.1, -0.05) is 0 Å². The van der Waals surface area contributed by atoms with Crippen LogP contribution in [0.15, 0.2) is 17.1 Å². The van der Waals surface area contributed by atoms with Crippen molar-refractivity contribution in [2.75, 3.05) is 25.1 Å². The molecule has 1 aliphatic carbocycles. The lowest BCUT2D eigenvalue weighted by atomic mass is 10.1. The van der Waals surface area contributed by atoms with E-state index < -0.39 is 35.4 Å². The fourth-order valence-electron chi connectivity index (χ4n) is 4.28. The van der Waals surface area contributed by atoms with Crippen molar-refractivity contribution < 1.29 is 28.2 Å². The van der Waals surface area contributed by atoms with E-state index in [1.54, 1.807) is 0 Å². The summed E-state index contributed by atoms with van der Waals surface area (Å²) >= 11 is 0. The van der Waals surface area contributed by atoms with Crippen LogP contribution in [-0.2, 0) is 0 Å². The molecule has 0 radical (unpaired) electrons. The van der Waals surface area contributed by atoms with Gasteiger partial charge in [0.15, 0.2) is 17.3 Å². The number of rotatable bonds is 4. The van der Waals surface area contributed by atoms with Crippen LogP contribution in [0.4, 0.5) is 19.3 Å². The molecule has 2 heterocycles. The molecule has 1 saturated heterocycles. The first-order valence-corrected chi connectivity index (χ1v) is 9.72. The second-order valence-corrected chi connectivity index (χ2v) is 7.93. The van der Waals surface area contributed by atoms with Crippen LogP contribution in [-0.4, -0.2) is 54.3 Å². The monoisotopic (exact) mass is 423 g/mol. The summed E-state index contributed by atoms with van der Waals surface area (Å²) in [5.74, 6) is -1.07. The molecule has 0 spiro atoms. The third-order valence-corrected chi connectivity index (χ3v) is 5.48. The molecule has 10 heteroatoms. The third-order valence-electron chi connectivity index (χ3n) is 5.48. The number of methoxy groups -OCH3 is 1. The largest absolute Gasteiger partial charge is 0.511 e. The Labute approximate surface area is 171 Å². The number of anilines is 1. The van der Waals surface area contributed by atoms with Gasteiger partial charge in [0.25, 0.3) is 0 Å². The second kappa shape index (κ2) is 7.42. The minimum absolute atomic E-state index is 0.0979. The van der Waals surface area contributed by atoms with Crippen LogP contribution in [0, 0.1) is 5.82 Å². The van der Waals surface area contributed by atoms with Crippen LogP contribution in [0.2, 0.25) is 0 Å². The number of ether oxygens (including phenoxy) is 2. The van der Waals surface area contributed by atoms with E-state index in [0.717, 1.165) is 12.3 Å². The lowest BCUT2D eigenvalue weighted by molar-refractivity contribution is 0.143. The number of nitrogens with one attached hydrogen (secondary N) is 1. The number of carboxylic acid groups (broad SMARTS) is 1. The van der Waals surface area contributed by atoms with Gasteiger partial charge in [-0.3, -0.25) is 4.79 Å². The molecule has 0 amide bonds. The Morgan fingerprint density at radius 1 is 1.30 bits per heavy atom. The fourth-order valence-corrected chi connectivity index (χ4v) is 4.28. The molecule has 162 valence electrons.